The average molecular weight is 246 g/mol. The Hall–Kier alpha value is -2.37. The predicted molar refractivity (Wildman–Crippen MR) is 66.2 cm³/mol. The Morgan fingerprint density at radius 3 is 2.94 bits per heavy atom. The summed E-state index contributed by atoms with van der Waals surface area (Å²) in [6.07, 6.45) is 3.16. The molecule has 1 aromatic heterocycles. The van der Waals surface area contributed by atoms with Crippen LogP contribution < -0.4 is 4.90 Å². The quantitative estimate of drug-likeness (QED) is 0.874. The molecule has 6 heteroatoms. The number of anilines is 1. The van der Waals surface area contributed by atoms with Crippen molar-refractivity contribution in [3.63, 3.8) is 0 Å². The highest BCUT2D eigenvalue weighted by atomic mass is 16.3. The maximum atomic E-state index is 12.1. The third-order valence-electron chi connectivity index (χ3n) is 2.53. The molecule has 0 aliphatic carbocycles. The Labute approximate surface area is 104 Å². The lowest BCUT2D eigenvalue weighted by atomic mass is 10.2. The van der Waals surface area contributed by atoms with E-state index in [2.05, 4.69) is 10.3 Å². The number of aromatic nitrogens is 3. The number of benzene rings is 1. The third kappa shape index (κ3) is 2.65. The Morgan fingerprint density at radius 1 is 1.50 bits per heavy atom. The van der Waals surface area contributed by atoms with Gasteiger partial charge in [-0.05, 0) is 19.1 Å². The van der Waals surface area contributed by atoms with Crippen molar-refractivity contribution in [2.45, 2.75) is 13.5 Å². The molecule has 0 radical (unpaired) electrons. The van der Waals surface area contributed by atoms with Crippen molar-refractivity contribution < 1.29 is 9.90 Å². The molecule has 0 aliphatic rings. The zero-order chi connectivity index (χ0) is 13.0. The molecule has 0 bridgehead atoms. The average Bonchev–Trinajstić information content (AvgIpc) is 2.83. The summed E-state index contributed by atoms with van der Waals surface area (Å²) in [5, 5.41) is 16.8. The fraction of sp³-hybridized carbons (Fsp3) is 0.250. The number of hydrogen-bond donors (Lipinski definition) is 1. The summed E-state index contributed by atoms with van der Waals surface area (Å²) in [6, 6.07) is 6.61. The highest BCUT2D eigenvalue weighted by molar-refractivity contribution is 5.93. The number of rotatable bonds is 4. The number of phenols is 1. The molecule has 0 aliphatic heterocycles. The van der Waals surface area contributed by atoms with E-state index in [1.807, 2.05) is 6.92 Å². The first-order chi connectivity index (χ1) is 8.70. The van der Waals surface area contributed by atoms with Gasteiger partial charge >= 0.3 is 0 Å². The fourth-order valence-electron chi connectivity index (χ4n) is 1.70. The normalized spacial score (nSPS) is 10.3. The molecular weight excluding hydrogens is 232 g/mol. The van der Waals surface area contributed by atoms with Crippen LogP contribution in [0.15, 0.2) is 36.7 Å². The van der Waals surface area contributed by atoms with Crippen LogP contribution in [-0.2, 0) is 11.3 Å². The fourth-order valence-corrected chi connectivity index (χ4v) is 1.70. The van der Waals surface area contributed by atoms with E-state index in [0.29, 0.717) is 12.2 Å². The summed E-state index contributed by atoms with van der Waals surface area (Å²) in [4.78, 5) is 13.7. The summed E-state index contributed by atoms with van der Waals surface area (Å²) >= 11 is 0. The Morgan fingerprint density at radius 2 is 2.33 bits per heavy atom. The standard InChI is InChI=1S/C12H14N4O2/c1-2-16(10-4-3-5-11(17)8-10)12(18)9-15-7-6-13-14-15/h3-8,17H,2,9H2,1H3. The molecule has 1 aromatic carbocycles. The zero-order valence-corrected chi connectivity index (χ0v) is 10.0. The Bertz CT molecular complexity index is 525. The first-order valence-electron chi connectivity index (χ1n) is 5.64. The number of hydrogen-bond acceptors (Lipinski definition) is 4. The molecule has 6 nitrogen and oxygen atoms in total. The van der Waals surface area contributed by atoms with Gasteiger partial charge in [0.2, 0.25) is 5.91 Å². The van der Waals surface area contributed by atoms with Crippen LogP contribution in [0.4, 0.5) is 5.69 Å². The van der Waals surface area contributed by atoms with E-state index in [9.17, 15) is 9.90 Å². The SMILES string of the molecule is CCN(C(=O)Cn1ccnn1)c1cccc(O)c1. The minimum atomic E-state index is -0.103. The van der Waals surface area contributed by atoms with Crippen LogP contribution in [0.25, 0.3) is 0 Å². The van der Waals surface area contributed by atoms with E-state index in [4.69, 9.17) is 0 Å². The van der Waals surface area contributed by atoms with Gasteiger partial charge in [-0.2, -0.15) is 0 Å². The van der Waals surface area contributed by atoms with E-state index in [1.165, 1.54) is 10.9 Å². The minimum absolute atomic E-state index is 0.103. The van der Waals surface area contributed by atoms with Gasteiger partial charge in [0.25, 0.3) is 0 Å². The maximum absolute atomic E-state index is 12.1. The van der Waals surface area contributed by atoms with Crippen LogP contribution in [0.1, 0.15) is 6.92 Å². The highest BCUT2D eigenvalue weighted by Gasteiger charge is 2.14. The van der Waals surface area contributed by atoms with Crippen molar-refractivity contribution in [2.24, 2.45) is 0 Å². The van der Waals surface area contributed by atoms with Gasteiger partial charge < -0.3 is 10.0 Å². The minimum Gasteiger partial charge on any atom is -0.508 e. The highest BCUT2D eigenvalue weighted by Crippen LogP contribution is 2.20. The van der Waals surface area contributed by atoms with Crippen LogP contribution in [-0.4, -0.2) is 32.6 Å². The molecule has 18 heavy (non-hydrogen) atoms. The summed E-state index contributed by atoms with van der Waals surface area (Å²) in [5.74, 6) is 0.0353. The smallest absolute Gasteiger partial charge is 0.248 e. The second-order valence-corrected chi connectivity index (χ2v) is 3.76. The van der Waals surface area contributed by atoms with E-state index < -0.39 is 0 Å². The number of phenolic OH excluding ortho intramolecular Hbond substituents is 1. The van der Waals surface area contributed by atoms with Crippen LogP contribution >= 0.6 is 0 Å². The second-order valence-electron chi connectivity index (χ2n) is 3.76. The van der Waals surface area contributed by atoms with Crippen LogP contribution in [0, 0.1) is 0 Å². The van der Waals surface area contributed by atoms with Crippen molar-refractivity contribution in [1.29, 1.82) is 0 Å². The van der Waals surface area contributed by atoms with Gasteiger partial charge in [-0.15, -0.1) is 5.10 Å². The summed E-state index contributed by atoms with van der Waals surface area (Å²) < 4.78 is 1.47. The number of nitrogens with zero attached hydrogens (tertiary/aromatic N) is 4. The van der Waals surface area contributed by atoms with Crippen molar-refractivity contribution in [1.82, 2.24) is 15.0 Å². The van der Waals surface area contributed by atoms with Crippen molar-refractivity contribution in [2.75, 3.05) is 11.4 Å². The van der Waals surface area contributed by atoms with Crippen molar-refractivity contribution >= 4 is 11.6 Å². The number of carbonyl (C=O) groups excluding carboxylic acids is 1. The Kier molecular flexibility index (Phi) is 3.57. The van der Waals surface area contributed by atoms with Gasteiger partial charge in [-0.1, -0.05) is 11.3 Å². The molecule has 1 amide bonds. The van der Waals surface area contributed by atoms with Crippen LogP contribution in [0.3, 0.4) is 0 Å². The Balaban J connectivity index is 2.15. The van der Waals surface area contributed by atoms with Gasteiger partial charge in [-0.3, -0.25) is 4.79 Å². The third-order valence-corrected chi connectivity index (χ3v) is 2.53. The van der Waals surface area contributed by atoms with Gasteiger partial charge in [0, 0.05) is 24.5 Å². The maximum Gasteiger partial charge on any atom is 0.248 e. The van der Waals surface area contributed by atoms with Gasteiger partial charge in [0.1, 0.15) is 12.3 Å². The second kappa shape index (κ2) is 5.31. The molecule has 0 spiro atoms. The lowest BCUT2D eigenvalue weighted by Crippen LogP contribution is -2.33. The lowest BCUT2D eigenvalue weighted by molar-refractivity contribution is -0.119. The molecule has 1 N–H and O–H groups in total. The van der Waals surface area contributed by atoms with Crippen molar-refractivity contribution in [3.05, 3.63) is 36.7 Å². The van der Waals surface area contributed by atoms with Crippen molar-refractivity contribution in [3.8, 4) is 5.75 Å². The van der Waals surface area contributed by atoms with Gasteiger partial charge in [0.15, 0.2) is 0 Å². The number of amides is 1. The molecule has 1 heterocycles. The molecule has 0 fully saturated rings. The first-order valence-corrected chi connectivity index (χ1v) is 5.64. The molecule has 0 saturated carbocycles. The summed E-state index contributed by atoms with van der Waals surface area (Å²) in [7, 11) is 0. The monoisotopic (exact) mass is 246 g/mol. The number of carbonyl (C=O) groups is 1. The van der Waals surface area contributed by atoms with Crippen LogP contribution in [0.2, 0.25) is 0 Å². The first kappa shape index (κ1) is 12.1. The molecule has 94 valence electrons. The molecule has 0 unspecified atom stereocenters. The summed E-state index contributed by atoms with van der Waals surface area (Å²) in [5.41, 5.74) is 0.669. The van der Waals surface area contributed by atoms with Gasteiger partial charge in [-0.25, -0.2) is 4.68 Å². The van der Waals surface area contributed by atoms with Crippen LogP contribution in [0.5, 0.6) is 5.75 Å². The zero-order valence-electron chi connectivity index (χ0n) is 10.0. The van der Waals surface area contributed by atoms with Gasteiger partial charge in [0.05, 0.1) is 6.20 Å². The number of aromatic hydroxyl groups is 1. The van der Waals surface area contributed by atoms with E-state index >= 15 is 0 Å². The molecular formula is C12H14N4O2. The molecule has 0 atom stereocenters. The predicted octanol–water partition coefficient (Wildman–Crippen LogP) is 1.04. The largest absolute Gasteiger partial charge is 0.508 e. The topological polar surface area (TPSA) is 71.2 Å². The number of likely N-dealkylation sites (N-methyl/N-ethyl adjacent to an activating group) is 1. The molecule has 2 aromatic rings. The van der Waals surface area contributed by atoms with E-state index in [0.717, 1.165) is 0 Å². The summed E-state index contributed by atoms with van der Waals surface area (Å²) in [6.45, 7) is 2.53. The van der Waals surface area contributed by atoms with E-state index in [1.54, 1.807) is 35.4 Å². The van der Waals surface area contributed by atoms with E-state index in [-0.39, 0.29) is 18.2 Å². The molecule has 0 saturated heterocycles. The lowest BCUT2D eigenvalue weighted by Gasteiger charge is -2.21. The molecule has 2 rings (SSSR count).